The van der Waals surface area contributed by atoms with E-state index in [-0.39, 0.29) is 35.5 Å². The van der Waals surface area contributed by atoms with E-state index in [2.05, 4.69) is 57.1 Å². The molecule has 0 spiro atoms. The van der Waals surface area contributed by atoms with Gasteiger partial charge in [0.25, 0.3) is 5.91 Å². The lowest BCUT2D eigenvalue weighted by Crippen LogP contribution is -2.53. The third-order valence-corrected chi connectivity index (χ3v) is 5.40. The number of hydrogen-bond donors (Lipinski definition) is 2. The molecular formula is C23H37N3O3. The van der Waals surface area contributed by atoms with Crippen molar-refractivity contribution < 1.29 is 14.3 Å². The fourth-order valence-corrected chi connectivity index (χ4v) is 3.58. The highest BCUT2D eigenvalue weighted by Crippen LogP contribution is 2.22. The molecule has 1 aliphatic heterocycles. The van der Waals surface area contributed by atoms with Crippen LogP contribution in [0.5, 0.6) is 0 Å². The molecule has 6 nitrogen and oxygen atoms in total. The van der Waals surface area contributed by atoms with Crippen molar-refractivity contribution in [2.45, 2.75) is 78.2 Å². The molecule has 1 saturated heterocycles. The van der Waals surface area contributed by atoms with Gasteiger partial charge >= 0.3 is 0 Å². The topological polar surface area (TPSA) is 70.7 Å². The molecule has 1 aromatic carbocycles. The molecule has 0 radical (unpaired) electrons. The first kappa shape index (κ1) is 23.4. The molecule has 0 aromatic heterocycles. The fraction of sp³-hybridized carbons (Fsp3) is 0.652. The van der Waals surface area contributed by atoms with Crippen LogP contribution in [-0.2, 0) is 14.9 Å². The summed E-state index contributed by atoms with van der Waals surface area (Å²) in [5, 5.41) is 5.75. The summed E-state index contributed by atoms with van der Waals surface area (Å²) in [4.78, 5) is 27.2. The monoisotopic (exact) mass is 403 g/mol. The summed E-state index contributed by atoms with van der Waals surface area (Å²) < 4.78 is 5.77. The zero-order valence-electron chi connectivity index (χ0n) is 18.9. The lowest BCUT2D eigenvalue weighted by atomic mass is 9.86. The van der Waals surface area contributed by atoms with Gasteiger partial charge in [-0.05, 0) is 50.8 Å². The van der Waals surface area contributed by atoms with Crippen molar-refractivity contribution in [3.8, 4) is 0 Å². The molecule has 1 aromatic rings. The molecule has 6 heteroatoms. The van der Waals surface area contributed by atoms with Gasteiger partial charge in [0.2, 0.25) is 5.91 Å². The molecule has 4 unspecified atom stereocenters. The van der Waals surface area contributed by atoms with Crippen molar-refractivity contribution in [1.82, 2.24) is 15.5 Å². The Labute approximate surface area is 175 Å². The van der Waals surface area contributed by atoms with Gasteiger partial charge in [-0.1, -0.05) is 32.9 Å². The summed E-state index contributed by atoms with van der Waals surface area (Å²) in [6, 6.07) is 7.16. The highest BCUT2D eigenvalue weighted by atomic mass is 16.5. The fourth-order valence-electron chi connectivity index (χ4n) is 3.58. The van der Waals surface area contributed by atoms with E-state index in [0.29, 0.717) is 12.1 Å². The van der Waals surface area contributed by atoms with Gasteiger partial charge in [-0.2, -0.15) is 0 Å². The maximum Gasteiger partial charge on any atom is 0.251 e. The van der Waals surface area contributed by atoms with Gasteiger partial charge < -0.3 is 15.4 Å². The molecule has 0 aliphatic carbocycles. The molecule has 1 aliphatic rings. The maximum absolute atomic E-state index is 12.5. The third-order valence-electron chi connectivity index (χ3n) is 5.40. The molecule has 2 rings (SSSR count). The van der Waals surface area contributed by atoms with Crippen LogP contribution in [0.3, 0.4) is 0 Å². The second kappa shape index (κ2) is 9.72. The Hall–Kier alpha value is -1.92. The van der Waals surface area contributed by atoms with E-state index in [9.17, 15) is 9.59 Å². The highest BCUT2D eigenvalue weighted by molar-refractivity contribution is 5.97. The first-order chi connectivity index (χ1) is 13.5. The second-order valence-electron chi connectivity index (χ2n) is 9.33. The summed E-state index contributed by atoms with van der Waals surface area (Å²) >= 11 is 0. The minimum atomic E-state index is -0.598. The van der Waals surface area contributed by atoms with E-state index in [0.717, 1.165) is 13.1 Å². The maximum atomic E-state index is 12.5. The van der Waals surface area contributed by atoms with Crippen LogP contribution in [0.25, 0.3) is 0 Å². The van der Waals surface area contributed by atoms with Crippen LogP contribution in [0.4, 0.5) is 0 Å². The van der Waals surface area contributed by atoms with Gasteiger partial charge in [0.1, 0.15) is 6.04 Å². The quantitative estimate of drug-likeness (QED) is 0.766. The molecule has 1 heterocycles. The zero-order valence-corrected chi connectivity index (χ0v) is 18.9. The Kier molecular flexibility index (Phi) is 7.83. The Morgan fingerprint density at radius 3 is 2.17 bits per heavy atom. The molecule has 162 valence electrons. The first-order valence-corrected chi connectivity index (χ1v) is 10.6. The van der Waals surface area contributed by atoms with Crippen LogP contribution < -0.4 is 10.6 Å². The van der Waals surface area contributed by atoms with E-state index in [4.69, 9.17) is 4.74 Å². The number of rotatable bonds is 6. The van der Waals surface area contributed by atoms with Crippen molar-refractivity contribution in [2.24, 2.45) is 0 Å². The van der Waals surface area contributed by atoms with E-state index in [1.807, 2.05) is 24.3 Å². The van der Waals surface area contributed by atoms with Crippen molar-refractivity contribution >= 4 is 11.8 Å². The number of amides is 2. The Bertz CT molecular complexity index is 686. The number of nitrogens with one attached hydrogen (secondary N) is 2. The average Bonchev–Trinajstić information content (AvgIpc) is 2.64. The minimum Gasteiger partial charge on any atom is -0.373 e. The van der Waals surface area contributed by atoms with Gasteiger partial charge in [0.05, 0.1) is 12.2 Å². The van der Waals surface area contributed by atoms with Crippen LogP contribution >= 0.6 is 0 Å². The Morgan fingerprint density at radius 2 is 1.66 bits per heavy atom. The number of nitrogens with zero attached hydrogens (tertiary/aromatic N) is 1. The largest absolute Gasteiger partial charge is 0.373 e. The normalized spacial score (nSPS) is 22.6. The van der Waals surface area contributed by atoms with Gasteiger partial charge in [0.15, 0.2) is 0 Å². The molecule has 4 atom stereocenters. The summed E-state index contributed by atoms with van der Waals surface area (Å²) in [6.45, 7) is 16.6. The van der Waals surface area contributed by atoms with E-state index >= 15 is 0 Å². The van der Waals surface area contributed by atoms with Gasteiger partial charge in [-0.15, -0.1) is 0 Å². The Morgan fingerprint density at radius 1 is 1.10 bits per heavy atom. The number of hydrogen-bond acceptors (Lipinski definition) is 4. The molecule has 2 amide bonds. The number of morpholine rings is 1. The van der Waals surface area contributed by atoms with Crippen LogP contribution in [0.1, 0.15) is 64.4 Å². The van der Waals surface area contributed by atoms with E-state index < -0.39 is 6.04 Å². The SMILES string of the molecule is CC1CN(C(C)CNC(=O)C(C)NC(=O)c2ccc(C(C)(C)C)cc2)CC(C)O1. The summed E-state index contributed by atoms with van der Waals surface area (Å²) in [5.41, 5.74) is 1.76. The Balaban J connectivity index is 1.83. The standard InChI is InChI=1S/C23H37N3O3/c1-15(26-13-16(2)29-17(3)14-26)12-24-21(27)18(4)25-22(28)19-8-10-20(11-9-19)23(5,6)7/h8-11,15-18H,12-14H2,1-7H3,(H,24,27)(H,25,28). The molecule has 2 N–H and O–H groups in total. The molecule has 29 heavy (non-hydrogen) atoms. The van der Waals surface area contributed by atoms with E-state index in [1.54, 1.807) is 6.92 Å². The summed E-state index contributed by atoms with van der Waals surface area (Å²) in [5.74, 6) is -0.414. The smallest absolute Gasteiger partial charge is 0.251 e. The number of benzene rings is 1. The first-order valence-electron chi connectivity index (χ1n) is 10.6. The van der Waals surface area contributed by atoms with Crippen LogP contribution in [-0.4, -0.2) is 60.6 Å². The number of carbonyl (C=O) groups is 2. The van der Waals surface area contributed by atoms with Gasteiger partial charge in [-0.3, -0.25) is 14.5 Å². The lowest BCUT2D eigenvalue weighted by Gasteiger charge is -2.39. The molecule has 0 saturated carbocycles. The highest BCUT2D eigenvalue weighted by Gasteiger charge is 2.26. The van der Waals surface area contributed by atoms with Crippen molar-refractivity contribution in [3.63, 3.8) is 0 Å². The zero-order chi connectivity index (χ0) is 21.8. The molecular weight excluding hydrogens is 366 g/mol. The van der Waals surface area contributed by atoms with E-state index in [1.165, 1.54) is 5.56 Å². The minimum absolute atomic E-state index is 0.0367. The summed E-state index contributed by atoms with van der Waals surface area (Å²) in [7, 11) is 0. The van der Waals surface area contributed by atoms with Gasteiger partial charge in [-0.25, -0.2) is 0 Å². The van der Waals surface area contributed by atoms with Crippen molar-refractivity contribution in [3.05, 3.63) is 35.4 Å². The number of carbonyl (C=O) groups excluding carboxylic acids is 2. The number of ether oxygens (including phenoxy) is 1. The molecule has 1 fully saturated rings. The van der Waals surface area contributed by atoms with Crippen LogP contribution in [0, 0.1) is 0 Å². The van der Waals surface area contributed by atoms with Crippen molar-refractivity contribution in [1.29, 1.82) is 0 Å². The molecule has 0 bridgehead atoms. The average molecular weight is 404 g/mol. The van der Waals surface area contributed by atoms with Crippen LogP contribution in [0.2, 0.25) is 0 Å². The summed E-state index contributed by atoms with van der Waals surface area (Å²) in [6.07, 6.45) is 0.388. The third kappa shape index (κ3) is 6.82. The second-order valence-corrected chi connectivity index (χ2v) is 9.33. The lowest BCUT2D eigenvalue weighted by molar-refractivity contribution is -0.123. The predicted molar refractivity (Wildman–Crippen MR) is 116 cm³/mol. The van der Waals surface area contributed by atoms with Gasteiger partial charge in [0, 0.05) is 31.2 Å². The van der Waals surface area contributed by atoms with Crippen molar-refractivity contribution in [2.75, 3.05) is 19.6 Å². The predicted octanol–water partition coefficient (Wildman–Crippen LogP) is 2.72. The van der Waals surface area contributed by atoms with Crippen LogP contribution in [0.15, 0.2) is 24.3 Å².